The lowest BCUT2D eigenvalue weighted by Crippen LogP contribution is -2.38. The van der Waals surface area contributed by atoms with E-state index in [2.05, 4.69) is 23.7 Å². The topological polar surface area (TPSA) is 45.7 Å². The second-order valence-corrected chi connectivity index (χ2v) is 8.29. The molecule has 1 heterocycles. The number of nitrogens with zero attached hydrogens (tertiary/aromatic N) is 3. The summed E-state index contributed by atoms with van der Waals surface area (Å²) >= 11 is 1.33. The van der Waals surface area contributed by atoms with Gasteiger partial charge < -0.3 is 9.64 Å². The third kappa shape index (κ3) is 6.38. The average molecular weight is 466 g/mol. The minimum Gasteiger partial charge on any atom is -0.491 e. The SMILES string of the molecule is CCN(CC)CCN(C(=O)c1ccc(OC(C)C)cc1)c1nc2ccc(F)cc2s1.Cl. The molecule has 1 amide bonds. The van der Waals surface area contributed by atoms with Gasteiger partial charge in [-0.25, -0.2) is 9.37 Å². The molecule has 1 aromatic heterocycles. The summed E-state index contributed by atoms with van der Waals surface area (Å²) in [5.74, 6) is 0.295. The Morgan fingerprint density at radius 2 is 1.77 bits per heavy atom. The van der Waals surface area contributed by atoms with Crippen LogP contribution in [0.15, 0.2) is 42.5 Å². The predicted octanol–water partition coefficient (Wildman–Crippen LogP) is 5.63. The maximum Gasteiger partial charge on any atom is 0.260 e. The highest BCUT2D eigenvalue weighted by Crippen LogP contribution is 2.30. The van der Waals surface area contributed by atoms with Crippen LogP contribution in [0.4, 0.5) is 9.52 Å². The maximum absolute atomic E-state index is 13.6. The standard InChI is InChI=1S/C23H28FN3O2S.ClH/c1-5-26(6-2)13-14-27(23-25-20-12-9-18(24)15-21(20)30-23)22(28)17-7-10-19(11-8-17)29-16(3)4;/h7-12,15-16H,5-6,13-14H2,1-4H3;1H. The zero-order chi connectivity index (χ0) is 21.7. The van der Waals surface area contributed by atoms with E-state index in [0.29, 0.717) is 22.8 Å². The van der Waals surface area contributed by atoms with Gasteiger partial charge >= 0.3 is 0 Å². The molecule has 0 unspecified atom stereocenters. The number of benzene rings is 2. The molecule has 8 heteroatoms. The Labute approximate surface area is 193 Å². The first-order chi connectivity index (χ1) is 14.4. The Kier molecular flexibility index (Phi) is 9.22. The first kappa shape index (κ1) is 25.0. The molecule has 2 aromatic carbocycles. The van der Waals surface area contributed by atoms with Crippen LogP contribution in [0.2, 0.25) is 0 Å². The Morgan fingerprint density at radius 3 is 2.39 bits per heavy atom. The van der Waals surface area contributed by atoms with E-state index in [0.717, 1.165) is 30.1 Å². The highest BCUT2D eigenvalue weighted by atomic mass is 35.5. The number of carbonyl (C=O) groups excluding carboxylic acids is 1. The molecule has 168 valence electrons. The molecule has 0 spiro atoms. The van der Waals surface area contributed by atoms with Crippen LogP contribution in [-0.2, 0) is 0 Å². The van der Waals surface area contributed by atoms with E-state index in [-0.39, 0.29) is 30.2 Å². The number of fused-ring (bicyclic) bond motifs is 1. The van der Waals surface area contributed by atoms with Crippen LogP contribution < -0.4 is 9.64 Å². The lowest BCUT2D eigenvalue weighted by Gasteiger charge is -2.24. The zero-order valence-electron chi connectivity index (χ0n) is 18.3. The number of rotatable bonds is 9. The molecule has 0 saturated heterocycles. The van der Waals surface area contributed by atoms with Crippen LogP contribution in [0, 0.1) is 5.82 Å². The van der Waals surface area contributed by atoms with Gasteiger partial charge in [0.25, 0.3) is 5.91 Å². The first-order valence-electron chi connectivity index (χ1n) is 10.3. The van der Waals surface area contributed by atoms with Gasteiger partial charge in [0.1, 0.15) is 11.6 Å². The van der Waals surface area contributed by atoms with E-state index in [1.807, 2.05) is 26.0 Å². The van der Waals surface area contributed by atoms with Crippen molar-refractivity contribution in [3.8, 4) is 5.75 Å². The van der Waals surface area contributed by atoms with Gasteiger partial charge in [-0.3, -0.25) is 9.69 Å². The molecule has 5 nitrogen and oxygen atoms in total. The minimum atomic E-state index is -0.306. The first-order valence-corrected chi connectivity index (χ1v) is 11.1. The molecule has 3 aromatic rings. The fourth-order valence-electron chi connectivity index (χ4n) is 3.17. The van der Waals surface area contributed by atoms with Gasteiger partial charge in [-0.05, 0) is 69.4 Å². The summed E-state index contributed by atoms with van der Waals surface area (Å²) in [5, 5.41) is 0.579. The van der Waals surface area contributed by atoms with E-state index in [9.17, 15) is 9.18 Å². The van der Waals surface area contributed by atoms with Crippen molar-refractivity contribution in [1.82, 2.24) is 9.88 Å². The normalized spacial score (nSPS) is 11.1. The van der Waals surface area contributed by atoms with Gasteiger partial charge in [0.15, 0.2) is 5.13 Å². The van der Waals surface area contributed by atoms with E-state index >= 15 is 0 Å². The van der Waals surface area contributed by atoms with Gasteiger partial charge in [0, 0.05) is 18.7 Å². The number of likely N-dealkylation sites (N-methyl/N-ethyl adjacent to an activating group) is 1. The average Bonchev–Trinajstić information content (AvgIpc) is 3.13. The van der Waals surface area contributed by atoms with Crippen molar-refractivity contribution >= 4 is 45.0 Å². The number of anilines is 1. The molecule has 0 saturated carbocycles. The zero-order valence-corrected chi connectivity index (χ0v) is 19.9. The number of ether oxygens (including phenoxy) is 1. The summed E-state index contributed by atoms with van der Waals surface area (Å²) in [5.41, 5.74) is 1.26. The number of aromatic nitrogens is 1. The molecule has 0 fully saturated rings. The molecule has 3 rings (SSSR count). The maximum atomic E-state index is 13.6. The molecule has 0 radical (unpaired) electrons. The van der Waals surface area contributed by atoms with Crippen LogP contribution in [0.25, 0.3) is 10.2 Å². The lowest BCUT2D eigenvalue weighted by molar-refractivity contribution is 0.0983. The van der Waals surface area contributed by atoms with Crippen molar-refractivity contribution in [1.29, 1.82) is 0 Å². The van der Waals surface area contributed by atoms with Crippen molar-refractivity contribution in [2.24, 2.45) is 0 Å². The van der Waals surface area contributed by atoms with Gasteiger partial charge in [-0.15, -0.1) is 12.4 Å². The summed E-state index contributed by atoms with van der Waals surface area (Å²) in [4.78, 5) is 21.9. The third-order valence-corrected chi connectivity index (χ3v) is 5.86. The third-order valence-electron chi connectivity index (χ3n) is 4.82. The largest absolute Gasteiger partial charge is 0.491 e. The summed E-state index contributed by atoms with van der Waals surface area (Å²) in [6.45, 7) is 11.2. The lowest BCUT2D eigenvalue weighted by atomic mass is 10.2. The second-order valence-electron chi connectivity index (χ2n) is 7.28. The monoisotopic (exact) mass is 465 g/mol. The highest BCUT2D eigenvalue weighted by molar-refractivity contribution is 7.22. The number of halogens is 2. The molecule has 31 heavy (non-hydrogen) atoms. The second kappa shape index (κ2) is 11.4. The summed E-state index contributed by atoms with van der Waals surface area (Å²) in [6.07, 6.45) is 0.0697. The molecular weight excluding hydrogens is 437 g/mol. The summed E-state index contributed by atoms with van der Waals surface area (Å²) in [7, 11) is 0. The van der Waals surface area contributed by atoms with E-state index in [1.54, 1.807) is 23.1 Å². The van der Waals surface area contributed by atoms with Crippen molar-refractivity contribution in [3.05, 3.63) is 53.8 Å². The Morgan fingerprint density at radius 1 is 1.10 bits per heavy atom. The van der Waals surface area contributed by atoms with Crippen molar-refractivity contribution in [2.75, 3.05) is 31.1 Å². The van der Waals surface area contributed by atoms with E-state index in [1.165, 1.54) is 23.5 Å². The molecule has 0 aliphatic heterocycles. The van der Waals surface area contributed by atoms with Crippen LogP contribution in [0.5, 0.6) is 5.75 Å². The van der Waals surface area contributed by atoms with Gasteiger partial charge in [0.05, 0.1) is 16.3 Å². The van der Waals surface area contributed by atoms with Crippen molar-refractivity contribution in [3.63, 3.8) is 0 Å². The smallest absolute Gasteiger partial charge is 0.260 e. The molecule has 0 bridgehead atoms. The molecule has 0 atom stereocenters. The van der Waals surface area contributed by atoms with Crippen LogP contribution in [-0.4, -0.2) is 48.1 Å². The van der Waals surface area contributed by atoms with E-state index in [4.69, 9.17) is 4.74 Å². The van der Waals surface area contributed by atoms with Gasteiger partial charge in [0.2, 0.25) is 0 Å². The summed E-state index contributed by atoms with van der Waals surface area (Å²) < 4.78 is 20.0. The Balaban J connectivity index is 0.00000341. The van der Waals surface area contributed by atoms with Gasteiger partial charge in [-0.1, -0.05) is 25.2 Å². The molecule has 0 aliphatic carbocycles. The molecule has 0 aliphatic rings. The predicted molar refractivity (Wildman–Crippen MR) is 128 cm³/mol. The number of hydrogen-bond donors (Lipinski definition) is 0. The van der Waals surface area contributed by atoms with Crippen LogP contribution >= 0.6 is 23.7 Å². The Hall–Kier alpha value is -2.22. The van der Waals surface area contributed by atoms with E-state index < -0.39 is 0 Å². The summed E-state index contributed by atoms with van der Waals surface area (Å²) in [6, 6.07) is 11.7. The number of carbonyl (C=O) groups is 1. The van der Waals surface area contributed by atoms with Crippen LogP contribution in [0.1, 0.15) is 38.1 Å². The number of hydrogen-bond acceptors (Lipinski definition) is 5. The fraction of sp³-hybridized carbons (Fsp3) is 0.391. The number of thiazole rings is 1. The highest BCUT2D eigenvalue weighted by Gasteiger charge is 2.22. The Bertz CT molecular complexity index is 990. The molecular formula is C23H29ClFN3O2S. The van der Waals surface area contributed by atoms with Crippen molar-refractivity contribution < 1.29 is 13.9 Å². The van der Waals surface area contributed by atoms with Gasteiger partial charge in [-0.2, -0.15) is 0 Å². The minimum absolute atomic E-state index is 0. The van der Waals surface area contributed by atoms with Crippen LogP contribution in [0.3, 0.4) is 0 Å². The molecule has 0 N–H and O–H groups in total. The quantitative estimate of drug-likeness (QED) is 0.410. The van der Waals surface area contributed by atoms with Crippen molar-refractivity contribution in [2.45, 2.75) is 33.8 Å². The number of amides is 1. The fourth-order valence-corrected chi connectivity index (χ4v) is 4.19.